The van der Waals surface area contributed by atoms with Crippen LogP contribution in [0.1, 0.15) is 12.0 Å². The first-order chi connectivity index (χ1) is 8.65. The highest BCUT2D eigenvalue weighted by molar-refractivity contribution is 5.97. The largest absolute Gasteiger partial charge is 0.409 e. The van der Waals surface area contributed by atoms with E-state index < -0.39 is 0 Å². The molecule has 1 fully saturated rings. The van der Waals surface area contributed by atoms with Crippen LogP contribution < -0.4 is 10.6 Å². The third-order valence-corrected chi connectivity index (χ3v) is 3.17. The van der Waals surface area contributed by atoms with Gasteiger partial charge in [-0.1, -0.05) is 5.16 Å². The van der Waals surface area contributed by atoms with Crippen LogP contribution in [0.4, 0.5) is 10.1 Å². The molecule has 1 saturated heterocycles. The normalized spacial score (nSPS) is 20.4. The first kappa shape index (κ1) is 12.6. The molecule has 1 aliphatic rings. The van der Waals surface area contributed by atoms with Gasteiger partial charge in [0.2, 0.25) is 0 Å². The molecule has 1 heterocycles. The first-order valence-corrected chi connectivity index (χ1v) is 5.71. The van der Waals surface area contributed by atoms with Gasteiger partial charge < -0.3 is 20.6 Å². The van der Waals surface area contributed by atoms with Gasteiger partial charge >= 0.3 is 0 Å². The lowest BCUT2D eigenvalue weighted by Crippen LogP contribution is -2.23. The highest BCUT2D eigenvalue weighted by Gasteiger charge is 2.24. The third kappa shape index (κ3) is 2.38. The number of hydrogen-bond acceptors (Lipinski definition) is 4. The number of oxime groups is 1. The molecule has 0 amide bonds. The van der Waals surface area contributed by atoms with Crippen LogP contribution in [0.25, 0.3) is 0 Å². The van der Waals surface area contributed by atoms with E-state index in [1.165, 1.54) is 6.07 Å². The van der Waals surface area contributed by atoms with E-state index in [1.807, 2.05) is 4.90 Å². The molecule has 1 aromatic rings. The molecular formula is C12H16FN3O2. The van der Waals surface area contributed by atoms with Crippen LogP contribution in [0, 0.1) is 5.82 Å². The zero-order chi connectivity index (χ0) is 13.1. The van der Waals surface area contributed by atoms with Crippen LogP contribution in [0.2, 0.25) is 0 Å². The Morgan fingerprint density at radius 2 is 2.39 bits per heavy atom. The predicted octanol–water partition coefficient (Wildman–Crippen LogP) is 1.15. The maximum atomic E-state index is 14.0. The predicted molar refractivity (Wildman–Crippen MR) is 66.5 cm³/mol. The number of ether oxygens (including phenoxy) is 1. The number of nitrogens with two attached hydrogens (primary N) is 1. The number of nitrogens with zero attached hydrogens (tertiary/aromatic N) is 2. The molecule has 0 saturated carbocycles. The van der Waals surface area contributed by atoms with Crippen molar-refractivity contribution in [3.05, 3.63) is 29.6 Å². The number of benzene rings is 1. The van der Waals surface area contributed by atoms with Crippen LogP contribution in [0.3, 0.4) is 0 Å². The summed E-state index contributed by atoms with van der Waals surface area (Å²) in [6.07, 6.45) is 1.03. The van der Waals surface area contributed by atoms with Crippen LogP contribution in [0.15, 0.2) is 23.4 Å². The molecule has 0 bridgehead atoms. The topological polar surface area (TPSA) is 71.1 Å². The molecule has 5 nitrogen and oxygen atoms in total. The molecule has 2 rings (SSSR count). The fourth-order valence-corrected chi connectivity index (χ4v) is 2.12. The monoisotopic (exact) mass is 253 g/mol. The highest BCUT2D eigenvalue weighted by Crippen LogP contribution is 2.25. The molecule has 18 heavy (non-hydrogen) atoms. The molecule has 0 aliphatic carbocycles. The van der Waals surface area contributed by atoms with Crippen molar-refractivity contribution in [3.63, 3.8) is 0 Å². The molecular weight excluding hydrogens is 237 g/mol. The zero-order valence-electron chi connectivity index (χ0n) is 10.1. The van der Waals surface area contributed by atoms with Gasteiger partial charge in [-0.2, -0.15) is 0 Å². The van der Waals surface area contributed by atoms with E-state index in [2.05, 4.69) is 5.16 Å². The summed E-state index contributed by atoms with van der Waals surface area (Å²) in [5.74, 6) is -0.479. The van der Waals surface area contributed by atoms with Gasteiger partial charge in [0.15, 0.2) is 5.84 Å². The smallest absolute Gasteiger partial charge is 0.170 e. The summed E-state index contributed by atoms with van der Waals surface area (Å²) in [5, 5.41) is 11.4. The van der Waals surface area contributed by atoms with Crippen molar-refractivity contribution in [3.8, 4) is 0 Å². The summed E-state index contributed by atoms with van der Waals surface area (Å²) in [6, 6.07) is 4.54. The maximum Gasteiger partial charge on any atom is 0.170 e. The van der Waals surface area contributed by atoms with Crippen LogP contribution in [-0.4, -0.2) is 37.3 Å². The van der Waals surface area contributed by atoms with Crippen molar-refractivity contribution in [2.24, 2.45) is 10.9 Å². The second-order valence-electron chi connectivity index (χ2n) is 4.24. The van der Waals surface area contributed by atoms with Gasteiger partial charge in [-0.15, -0.1) is 0 Å². The Hall–Kier alpha value is -1.82. The molecule has 1 aromatic carbocycles. The van der Waals surface area contributed by atoms with Gasteiger partial charge in [0.25, 0.3) is 0 Å². The van der Waals surface area contributed by atoms with E-state index in [4.69, 9.17) is 15.7 Å². The number of rotatable bonds is 3. The zero-order valence-corrected chi connectivity index (χ0v) is 10.1. The second-order valence-corrected chi connectivity index (χ2v) is 4.24. The quantitative estimate of drug-likeness (QED) is 0.367. The lowest BCUT2D eigenvalue weighted by Gasteiger charge is -2.19. The molecule has 0 spiro atoms. The van der Waals surface area contributed by atoms with E-state index in [9.17, 15) is 4.39 Å². The maximum absolute atomic E-state index is 14.0. The Bertz CT molecular complexity index is 465. The van der Waals surface area contributed by atoms with Gasteiger partial charge in [-0.3, -0.25) is 0 Å². The fraction of sp³-hybridized carbons (Fsp3) is 0.417. The Kier molecular flexibility index (Phi) is 3.66. The number of methoxy groups -OCH3 is 1. The standard InChI is InChI=1S/C12H16FN3O2/c1-18-9-4-5-16(7-9)11-3-2-8(6-10(11)13)12(14)15-17/h2-3,6,9,17H,4-5,7H2,1H3,(H2,14,15). The lowest BCUT2D eigenvalue weighted by molar-refractivity contribution is 0.121. The minimum Gasteiger partial charge on any atom is -0.409 e. The molecule has 0 radical (unpaired) electrons. The summed E-state index contributed by atoms with van der Waals surface area (Å²) >= 11 is 0. The first-order valence-electron chi connectivity index (χ1n) is 5.71. The lowest BCUT2D eigenvalue weighted by atomic mass is 10.1. The van der Waals surface area contributed by atoms with Gasteiger partial charge in [0.05, 0.1) is 11.8 Å². The van der Waals surface area contributed by atoms with Crippen LogP contribution in [-0.2, 0) is 4.74 Å². The van der Waals surface area contributed by atoms with Crippen molar-refractivity contribution in [2.75, 3.05) is 25.1 Å². The molecule has 3 N–H and O–H groups in total. The van der Waals surface area contributed by atoms with E-state index in [1.54, 1.807) is 19.2 Å². The van der Waals surface area contributed by atoms with Gasteiger partial charge in [0, 0.05) is 25.8 Å². The summed E-state index contributed by atoms with van der Waals surface area (Å²) < 4.78 is 19.2. The van der Waals surface area contributed by atoms with E-state index in [-0.39, 0.29) is 17.8 Å². The average molecular weight is 253 g/mol. The van der Waals surface area contributed by atoms with Crippen molar-refractivity contribution in [1.29, 1.82) is 0 Å². The van der Waals surface area contributed by atoms with E-state index in [0.29, 0.717) is 17.8 Å². The molecule has 1 atom stereocenters. The number of anilines is 1. The number of amidine groups is 1. The SMILES string of the molecule is COC1CCN(c2ccc(/C(N)=N/O)cc2F)C1. The van der Waals surface area contributed by atoms with Gasteiger partial charge in [-0.25, -0.2) is 4.39 Å². The molecule has 6 heteroatoms. The Labute approximate surface area is 105 Å². The van der Waals surface area contributed by atoms with E-state index in [0.717, 1.165) is 13.0 Å². The fourth-order valence-electron chi connectivity index (χ4n) is 2.12. The Morgan fingerprint density at radius 3 is 2.94 bits per heavy atom. The van der Waals surface area contributed by atoms with Crippen molar-refractivity contribution in [1.82, 2.24) is 0 Å². The Morgan fingerprint density at radius 1 is 1.61 bits per heavy atom. The van der Waals surface area contributed by atoms with Crippen molar-refractivity contribution < 1.29 is 14.3 Å². The Balaban J connectivity index is 2.20. The summed E-state index contributed by atoms with van der Waals surface area (Å²) in [4.78, 5) is 1.93. The minimum absolute atomic E-state index is 0.100. The van der Waals surface area contributed by atoms with E-state index >= 15 is 0 Å². The molecule has 0 aromatic heterocycles. The van der Waals surface area contributed by atoms with Crippen molar-refractivity contribution >= 4 is 11.5 Å². The molecule has 1 aliphatic heterocycles. The average Bonchev–Trinajstić information content (AvgIpc) is 2.86. The van der Waals surface area contributed by atoms with Crippen LogP contribution in [0.5, 0.6) is 0 Å². The second kappa shape index (κ2) is 5.22. The third-order valence-electron chi connectivity index (χ3n) is 3.17. The summed E-state index contributed by atoms with van der Waals surface area (Å²) in [7, 11) is 1.66. The molecule has 1 unspecified atom stereocenters. The summed E-state index contributed by atoms with van der Waals surface area (Å²) in [5.41, 5.74) is 6.29. The highest BCUT2D eigenvalue weighted by atomic mass is 19.1. The van der Waals surface area contributed by atoms with Crippen molar-refractivity contribution in [2.45, 2.75) is 12.5 Å². The molecule has 98 valence electrons. The number of halogens is 1. The number of hydrogen-bond donors (Lipinski definition) is 2. The van der Waals surface area contributed by atoms with Crippen LogP contribution >= 0.6 is 0 Å². The minimum atomic E-state index is -0.379. The summed E-state index contributed by atoms with van der Waals surface area (Å²) in [6.45, 7) is 1.44. The van der Waals surface area contributed by atoms with Gasteiger partial charge in [-0.05, 0) is 24.6 Å². The van der Waals surface area contributed by atoms with Gasteiger partial charge in [0.1, 0.15) is 5.82 Å².